The normalized spacial score (nSPS) is 11.0. The van der Waals surface area contributed by atoms with Crippen LogP contribution in [0, 0.1) is 5.82 Å². The summed E-state index contributed by atoms with van der Waals surface area (Å²) in [7, 11) is 4.55. The second-order valence-electron chi connectivity index (χ2n) is 7.53. The van der Waals surface area contributed by atoms with Crippen molar-refractivity contribution in [2.75, 3.05) is 21.3 Å². The van der Waals surface area contributed by atoms with Crippen LogP contribution in [0.5, 0.6) is 17.2 Å². The zero-order valence-electron chi connectivity index (χ0n) is 19.4. The maximum Gasteiger partial charge on any atom is 0.330 e. The van der Waals surface area contributed by atoms with Crippen LogP contribution >= 0.6 is 0 Å². The van der Waals surface area contributed by atoms with Gasteiger partial charge in [0.1, 0.15) is 5.82 Å². The van der Waals surface area contributed by atoms with E-state index >= 15 is 0 Å². The first-order valence-corrected chi connectivity index (χ1v) is 10.6. The number of carbonyl (C=O) groups excluding carboxylic acids is 1. The molecule has 35 heavy (non-hydrogen) atoms. The number of aromatic amines is 1. The average molecular weight is 474 g/mol. The minimum Gasteiger partial charge on any atom is -0.493 e. The number of carbonyl (C=O) groups is 1. The van der Waals surface area contributed by atoms with Gasteiger partial charge in [-0.1, -0.05) is 18.2 Å². The van der Waals surface area contributed by atoms with Crippen molar-refractivity contribution >= 4 is 11.9 Å². The second-order valence-corrected chi connectivity index (χ2v) is 7.53. The summed E-state index contributed by atoms with van der Waals surface area (Å²) < 4.78 is 30.8. The zero-order chi connectivity index (χ0) is 24.9. The fraction of sp³-hybridized carbons (Fsp3) is 0.111. The number of ether oxygens (including phenoxy) is 3. The lowest BCUT2D eigenvalue weighted by molar-refractivity contribution is 0.104. The SMILES string of the molecule is COc1cc(C=CC(=O)c2cccc(-n3c(-c4ccc(F)cc4)c[nH]c3=O)c2)cc(OC)c1OC. The van der Waals surface area contributed by atoms with Gasteiger partial charge in [0.2, 0.25) is 5.75 Å². The van der Waals surface area contributed by atoms with Crippen molar-refractivity contribution in [1.29, 1.82) is 0 Å². The molecule has 7 nitrogen and oxygen atoms in total. The van der Waals surface area contributed by atoms with Gasteiger partial charge in [0, 0.05) is 17.3 Å². The first-order valence-electron chi connectivity index (χ1n) is 10.6. The van der Waals surface area contributed by atoms with E-state index in [9.17, 15) is 14.0 Å². The van der Waals surface area contributed by atoms with Gasteiger partial charge in [0.25, 0.3) is 0 Å². The molecule has 0 aliphatic carbocycles. The molecule has 1 N–H and O–H groups in total. The topological polar surface area (TPSA) is 82.6 Å². The summed E-state index contributed by atoms with van der Waals surface area (Å²) in [6.45, 7) is 0. The van der Waals surface area contributed by atoms with Crippen molar-refractivity contribution < 1.29 is 23.4 Å². The lowest BCUT2D eigenvalue weighted by atomic mass is 10.1. The van der Waals surface area contributed by atoms with E-state index in [1.165, 1.54) is 44.1 Å². The number of nitrogens with zero attached hydrogens (tertiary/aromatic N) is 1. The molecule has 0 saturated carbocycles. The van der Waals surface area contributed by atoms with Gasteiger partial charge in [-0.3, -0.25) is 9.36 Å². The molecule has 0 saturated heterocycles. The molecule has 0 aliphatic heterocycles. The van der Waals surface area contributed by atoms with E-state index in [1.807, 2.05) is 0 Å². The molecule has 0 aliphatic rings. The highest BCUT2D eigenvalue weighted by atomic mass is 19.1. The Labute approximate surface area is 201 Å². The van der Waals surface area contributed by atoms with E-state index in [1.54, 1.807) is 60.8 Å². The molecule has 3 aromatic carbocycles. The lowest BCUT2D eigenvalue weighted by Gasteiger charge is -2.12. The highest BCUT2D eigenvalue weighted by Crippen LogP contribution is 2.38. The van der Waals surface area contributed by atoms with Gasteiger partial charge in [-0.25, -0.2) is 9.18 Å². The van der Waals surface area contributed by atoms with Crippen LogP contribution < -0.4 is 19.9 Å². The van der Waals surface area contributed by atoms with Crippen LogP contribution in [-0.2, 0) is 0 Å². The highest BCUT2D eigenvalue weighted by Gasteiger charge is 2.14. The Morgan fingerprint density at radius 3 is 2.26 bits per heavy atom. The molecule has 0 spiro atoms. The number of aromatic nitrogens is 2. The average Bonchev–Trinajstić information content (AvgIpc) is 3.28. The zero-order valence-corrected chi connectivity index (χ0v) is 19.4. The number of hydrogen-bond donors (Lipinski definition) is 1. The Hall–Kier alpha value is -4.59. The number of nitrogens with one attached hydrogen (secondary N) is 1. The van der Waals surface area contributed by atoms with Gasteiger partial charge >= 0.3 is 5.69 Å². The summed E-state index contributed by atoms with van der Waals surface area (Å²) in [5.41, 5.74) is 2.41. The van der Waals surface area contributed by atoms with Crippen molar-refractivity contribution in [3.05, 3.63) is 100 Å². The van der Waals surface area contributed by atoms with E-state index < -0.39 is 0 Å². The van der Waals surface area contributed by atoms with E-state index in [0.717, 1.165) is 0 Å². The summed E-state index contributed by atoms with van der Waals surface area (Å²) in [5, 5.41) is 0. The van der Waals surface area contributed by atoms with Crippen molar-refractivity contribution in [3.63, 3.8) is 0 Å². The van der Waals surface area contributed by atoms with Gasteiger partial charge in [0.15, 0.2) is 17.3 Å². The molecular formula is C27H23FN2O5. The van der Waals surface area contributed by atoms with E-state index in [-0.39, 0.29) is 17.3 Å². The molecule has 0 radical (unpaired) electrons. The lowest BCUT2D eigenvalue weighted by Crippen LogP contribution is -2.16. The molecular weight excluding hydrogens is 451 g/mol. The second kappa shape index (κ2) is 10.1. The molecule has 8 heteroatoms. The van der Waals surface area contributed by atoms with Crippen molar-refractivity contribution in [2.24, 2.45) is 0 Å². The van der Waals surface area contributed by atoms with Crippen LogP contribution in [0.4, 0.5) is 4.39 Å². The summed E-state index contributed by atoms with van der Waals surface area (Å²) in [4.78, 5) is 28.1. The predicted octanol–water partition coefficient (Wildman–Crippen LogP) is 4.89. The third-order valence-corrected chi connectivity index (χ3v) is 5.42. The number of methoxy groups -OCH3 is 3. The number of hydrogen-bond acceptors (Lipinski definition) is 5. The summed E-state index contributed by atoms with van der Waals surface area (Å²) in [6, 6.07) is 16.0. The standard InChI is InChI=1S/C27H23FN2O5/c1-33-24-13-17(14-25(34-2)26(24)35-3)7-12-23(31)19-5-4-6-21(15-19)30-22(16-29-27(30)32)18-8-10-20(28)11-9-18/h4-16H,1-3H3,(H,29,32). The van der Waals surface area contributed by atoms with Crippen LogP contribution in [-0.4, -0.2) is 36.7 Å². The number of halogens is 1. The number of H-pyrrole nitrogens is 1. The van der Waals surface area contributed by atoms with Crippen molar-refractivity contribution in [2.45, 2.75) is 0 Å². The quantitative estimate of drug-likeness (QED) is 0.290. The van der Waals surface area contributed by atoms with Gasteiger partial charge in [-0.2, -0.15) is 0 Å². The van der Waals surface area contributed by atoms with Gasteiger partial charge < -0.3 is 19.2 Å². The van der Waals surface area contributed by atoms with Gasteiger partial charge in [-0.05, 0) is 60.2 Å². The van der Waals surface area contributed by atoms with E-state index in [4.69, 9.17) is 14.2 Å². The monoisotopic (exact) mass is 474 g/mol. The van der Waals surface area contributed by atoms with Gasteiger partial charge in [0.05, 0.1) is 32.7 Å². The molecule has 0 fully saturated rings. The number of imidazole rings is 1. The van der Waals surface area contributed by atoms with E-state index in [2.05, 4.69) is 4.98 Å². The Morgan fingerprint density at radius 2 is 1.63 bits per heavy atom. The minimum atomic E-state index is -0.373. The van der Waals surface area contributed by atoms with Crippen LogP contribution in [0.25, 0.3) is 23.0 Å². The molecule has 0 bridgehead atoms. The summed E-state index contributed by atoms with van der Waals surface area (Å²) in [5.74, 6) is 0.777. The maximum atomic E-state index is 13.4. The fourth-order valence-corrected chi connectivity index (χ4v) is 3.72. The molecule has 4 aromatic rings. The Balaban J connectivity index is 1.65. The van der Waals surface area contributed by atoms with Crippen molar-refractivity contribution in [1.82, 2.24) is 9.55 Å². The largest absolute Gasteiger partial charge is 0.493 e. The Morgan fingerprint density at radius 1 is 0.943 bits per heavy atom. The first-order chi connectivity index (χ1) is 16.9. The predicted molar refractivity (Wildman–Crippen MR) is 131 cm³/mol. The van der Waals surface area contributed by atoms with Crippen molar-refractivity contribution in [3.8, 4) is 34.2 Å². The maximum absolute atomic E-state index is 13.4. The molecule has 0 atom stereocenters. The molecule has 1 heterocycles. The third kappa shape index (κ3) is 4.86. The number of rotatable bonds is 8. The Bertz CT molecular complexity index is 1430. The molecule has 0 amide bonds. The fourth-order valence-electron chi connectivity index (χ4n) is 3.72. The first kappa shape index (κ1) is 23.6. The van der Waals surface area contributed by atoms with Crippen LogP contribution in [0.15, 0.2) is 77.7 Å². The minimum absolute atomic E-state index is 0.257. The number of allylic oxidation sites excluding steroid dienone is 1. The highest BCUT2D eigenvalue weighted by molar-refractivity contribution is 6.07. The molecule has 178 valence electrons. The third-order valence-electron chi connectivity index (χ3n) is 5.42. The smallest absolute Gasteiger partial charge is 0.330 e. The summed E-state index contributed by atoms with van der Waals surface area (Å²) >= 11 is 0. The number of benzene rings is 3. The van der Waals surface area contributed by atoms with Crippen LogP contribution in [0.3, 0.4) is 0 Å². The molecule has 0 unspecified atom stereocenters. The number of ketones is 1. The van der Waals surface area contributed by atoms with Gasteiger partial charge in [-0.15, -0.1) is 0 Å². The summed E-state index contributed by atoms with van der Waals surface area (Å²) in [6.07, 6.45) is 4.63. The van der Waals surface area contributed by atoms with E-state index in [0.29, 0.717) is 45.3 Å². The molecule has 1 aromatic heterocycles. The Kier molecular flexibility index (Phi) is 6.82. The van der Waals surface area contributed by atoms with Crippen LogP contribution in [0.1, 0.15) is 15.9 Å². The molecule has 4 rings (SSSR count). The van der Waals surface area contributed by atoms with Crippen LogP contribution in [0.2, 0.25) is 0 Å².